The summed E-state index contributed by atoms with van der Waals surface area (Å²) in [6.45, 7) is 0.259. The molecule has 0 aliphatic heterocycles. The number of rotatable bonds is 4. The van der Waals surface area contributed by atoms with Gasteiger partial charge in [0.1, 0.15) is 12.3 Å². The Labute approximate surface area is 133 Å². The zero-order valence-corrected chi connectivity index (χ0v) is 12.2. The maximum atomic E-state index is 11.5. The smallest absolute Gasteiger partial charge is 0.408 e. The summed E-state index contributed by atoms with van der Waals surface area (Å²) in [7, 11) is 0. The fraction of sp³-hybridized carbons (Fsp3) is 0.118. The molecule has 0 spiro atoms. The van der Waals surface area contributed by atoms with Crippen molar-refractivity contribution >= 4 is 12.1 Å². The Morgan fingerprint density at radius 3 is 2.74 bits per heavy atom. The molecule has 0 aliphatic carbocycles. The minimum absolute atomic E-state index is 0.0760. The third kappa shape index (κ3) is 5.52. The number of carbonyl (C=O) groups excluding carboxylic acids is 1. The number of alkyl carbamates (subject to hydrolysis) is 1. The number of nitrogens with one attached hydrogen (secondary N) is 1. The van der Waals surface area contributed by atoms with Gasteiger partial charge in [-0.05, 0) is 23.6 Å². The Hall–Kier alpha value is -3.33. The molecule has 1 heterocycles. The normalized spacial score (nSPS) is 9.39. The van der Waals surface area contributed by atoms with Crippen LogP contribution in [-0.4, -0.2) is 28.7 Å². The number of ether oxygens (including phenoxy) is 1. The molecule has 0 unspecified atom stereocenters. The summed E-state index contributed by atoms with van der Waals surface area (Å²) in [5, 5.41) is 11.3. The minimum Gasteiger partial charge on any atom is -0.478 e. The summed E-state index contributed by atoms with van der Waals surface area (Å²) in [6.07, 6.45) is 0.796. The molecule has 0 aliphatic rings. The second-order valence-corrected chi connectivity index (χ2v) is 4.45. The molecule has 1 aromatic heterocycles. The molecule has 0 saturated carbocycles. The van der Waals surface area contributed by atoms with Gasteiger partial charge in [-0.2, -0.15) is 0 Å². The molecule has 1 aromatic carbocycles. The van der Waals surface area contributed by atoms with Crippen LogP contribution in [0.3, 0.4) is 0 Å². The Kier molecular flexibility index (Phi) is 5.72. The zero-order chi connectivity index (χ0) is 16.5. The lowest BCUT2D eigenvalue weighted by atomic mass is 10.2. The van der Waals surface area contributed by atoms with E-state index in [4.69, 9.17) is 9.84 Å². The van der Waals surface area contributed by atoms with Crippen LogP contribution in [0.2, 0.25) is 0 Å². The molecule has 6 heteroatoms. The predicted octanol–water partition coefficient (Wildman–Crippen LogP) is 2.06. The van der Waals surface area contributed by atoms with Crippen LogP contribution in [0.4, 0.5) is 4.79 Å². The fourth-order valence-corrected chi connectivity index (χ4v) is 1.66. The van der Waals surface area contributed by atoms with Crippen LogP contribution in [-0.2, 0) is 11.3 Å². The Balaban J connectivity index is 1.78. The molecular formula is C17H14N2O4. The molecule has 0 atom stereocenters. The van der Waals surface area contributed by atoms with Crippen LogP contribution in [0, 0.1) is 11.8 Å². The quantitative estimate of drug-likeness (QED) is 0.844. The van der Waals surface area contributed by atoms with Gasteiger partial charge < -0.3 is 15.2 Å². The number of carboxylic acid groups (broad SMARTS) is 1. The van der Waals surface area contributed by atoms with Gasteiger partial charge >= 0.3 is 12.1 Å². The monoisotopic (exact) mass is 310 g/mol. The lowest BCUT2D eigenvalue weighted by molar-refractivity contribution is 0.0696. The number of benzene rings is 1. The topological polar surface area (TPSA) is 88.5 Å². The van der Waals surface area contributed by atoms with Crippen LogP contribution in [0.1, 0.15) is 21.6 Å². The van der Waals surface area contributed by atoms with Crippen molar-refractivity contribution in [2.45, 2.75) is 6.61 Å². The molecule has 0 radical (unpaired) electrons. The van der Waals surface area contributed by atoms with Gasteiger partial charge in [-0.1, -0.05) is 36.3 Å². The molecule has 2 aromatic rings. The molecule has 0 fully saturated rings. The summed E-state index contributed by atoms with van der Waals surface area (Å²) in [5.74, 6) is 4.31. The molecule has 0 bridgehead atoms. The number of carbonyl (C=O) groups is 2. The highest BCUT2D eigenvalue weighted by Crippen LogP contribution is 2.01. The highest BCUT2D eigenvalue weighted by Gasteiger charge is 2.02. The van der Waals surface area contributed by atoms with Gasteiger partial charge in [0.25, 0.3) is 0 Å². The molecule has 0 saturated heterocycles. The van der Waals surface area contributed by atoms with Crippen LogP contribution in [0.5, 0.6) is 0 Å². The van der Waals surface area contributed by atoms with Gasteiger partial charge in [-0.3, -0.25) is 0 Å². The lowest BCUT2D eigenvalue weighted by Gasteiger charge is -2.04. The van der Waals surface area contributed by atoms with E-state index < -0.39 is 12.1 Å². The van der Waals surface area contributed by atoms with Crippen LogP contribution >= 0.6 is 0 Å². The standard InChI is InChI=1S/C17H14N2O4/c20-16(21)14-8-10-18-15(11-14)7-4-9-19-17(22)23-12-13-5-2-1-3-6-13/h1-3,5-6,8,10-11H,9,12H2,(H,19,22)(H,20,21). The zero-order valence-electron chi connectivity index (χ0n) is 12.2. The van der Waals surface area contributed by atoms with Crippen molar-refractivity contribution in [3.63, 3.8) is 0 Å². The second-order valence-electron chi connectivity index (χ2n) is 4.45. The van der Waals surface area contributed by atoms with E-state index in [1.165, 1.54) is 18.3 Å². The number of pyridine rings is 1. The van der Waals surface area contributed by atoms with E-state index in [9.17, 15) is 9.59 Å². The molecule has 116 valence electrons. The van der Waals surface area contributed by atoms with Crippen LogP contribution < -0.4 is 5.32 Å². The minimum atomic E-state index is -1.04. The fourth-order valence-electron chi connectivity index (χ4n) is 1.66. The third-order valence-electron chi connectivity index (χ3n) is 2.76. The molecule has 6 nitrogen and oxygen atoms in total. The summed E-state index contributed by atoms with van der Waals surface area (Å²) in [6, 6.07) is 12.1. The summed E-state index contributed by atoms with van der Waals surface area (Å²) in [5.41, 5.74) is 1.33. The van der Waals surface area contributed by atoms with Gasteiger partial charge in [-0.25, -0.2) is 14.6 Å². The average Bonchev–Trinajstić information content (AvgIpc) is 2.58. The third-order valence-corrected chi connectivity index (χ3v) is 2.76. The molecular weight excluding hydrogens is 296 g/mol. The van der Waals surface area contributed by atoms with Gasteiger partial charge in [0.05, 0.1) is 12.1 Å². The Morgan fingerprint density at radius 1 is 1.22 bits per heavy atom. The second kappa shape index (κ2) is 8.20. The maximum absolute atomic E-state index is 11.5. The SMILES string of the molecule is O=C(NCC#Cc1cc(C(=O)O)ccn1)OCc1ccccc1. The Bertz CT molecular complexity index is 748. The number of hydrogen-bond acceptors (Lipinski definition) is 4. The van der Waals surface area contributed by atoms with E-state index in [1.54, 1.807) is 0 Å². The van der Waals surface area contributed by atoms with Crippen molar-refractivity contribution in [3.05, 3.63) is 65.5 Å². The summed E-state index contributed by atoms with van der Waals surface area (Å²) < 4.78 is 5.02. The average molecular weight is 310 g/mol. The maximum Gasteiger partial charge on any atom is 0.408 e. The number of hydrogen-bond donors (Lipinski definition) is 2. The summed E-state index contributed by atoms with van der Waals surface area (Å²) >= 11 is 0. The summed E-state index contributed by atoms with van der Waals surface area (Å²) in [4.78, 5) is 26.2. The van der Waals surface area contributed by atoms with E-state index in [0.29, 0.717) is 5.69 Å². The van der Waals surface area contributed by atoms with Gasteiger partial charge in [0, 0.05) is 6.20 Å². The van der Waals surface area contributed by atoms with Crippen molar-refractivity contribution in [1.29, 1.82) is 0 Å². The highest BCUT2D eigenvalue weighted by molar-refractivity contribution is 5.87. The van der Waals surface area contributed by atoms with Crippen molar-refractivity contribution in [3.8, 4) is 11.8 Å². The largest absolute Gasteiger partial charge is 0.478 e. The number of nitrogens with zero attached hydrogens (tertiary/aromatic N) is 1. The van der Waals surface area contributed by atoms with Crippen molar-refractivity contribution < 1.29 is 19.4 Å². The van der Waals surface area contributed by atoms with E-state index in [-0.39, 0.29) is 18.7 Å². The van der Waals surface area contributed by atoms with Crippen molar-refractivity contribution in [2.24, 2.45) is 0 Å². The number of amides is 1. The van der Waals surface area contributed by atoms with Crippen LogP contribution in [0.15, 0.2) is 48.7 Å². The van der Waals surface area contributed by atoms with E-state index >= 15 is 0 Å². The van der Waals surface area contributed by atoms with E-state index in [2.05, 4.69) is 22.1 Å². The molecule has 2 N–H and O–H groups in total. The van der Waals surface area contributed by atoms with E-state index in [0.717, 1.165) is 5.56 Å². The van der Waals surface area contributed by atoms with E-state index in [1.807, 2.05) is 30.3 Å². The first kappa shape index (κ1) is 16.0. The predicted molar refractivity (Wildman–Crippen MR) is 82.7 cm³/mol. The Morgan fingerprint density at radius 2 is 2.00 bits per heavy atom. The van der Waals surface area contributed by atoms with Gasteiger partial charge in [0.2, 0.25) is 0 Å². The first-order valence-corrected chi connectivity index (χ1v) is 6.78. The number of aromatic nitrogens is 1. The number of carboxylic acids is 1. The highest BCUT2D eigenvalue weighted by atomic mass is 16.5. The van der Waals surface area contributed by atoms with Gasteiger partial charge in [-0.15, -0.1) is 0 Å². The number of aromatic carboxylic acids is 1. The molecule has 2 rings (SSSR count). The lowest BCUT2D eigenvalue weighted by Crippen LogP contribution is -2.24. The van der Waals surface area contributed by atoms with Crippen molar-refractivity contribution in [1.82, 2.24) is 10.3 Å². The first-order chi connectivity index (χ1) is 11.1. The van der Waals surface area contributed by atoms with Crippen LogP contribution in [0.25, 0.3) is 0 Å². The molecule has 1 amide bonds. The van der Waals surface area contributed by atoms with Gasteiger partial charge in [0.15, 0.2) is 0 Å². The van der Waals surface area contributed by atoms with Crippen molar-refractivity contribution in [2.75, 3.05) is 6.54 Å². The first-order valence-electron chi connectivity index (χ1n) is 6.78. The molecule has 23 heavy (non-hydrogen) atoms.